The van der Waals surface area contributed by atoms with Crippen molar-refractivity contribution in [3.05, 3.63) is 199 Å². The van der Waals surface area contributed by atoms with E-state index in [0.29, 0.717) is 51.4 Å². The smallest absolute Gasteiger partial charge is 0.248 e. The summed E-state index contributed by atoms with van der Waals surface area (Å²) in [5, 5.41) is 87.0. The number of carbonyl (C=O) groups excluding carboxylic acids is 2. The molecule has 2 saturated carbocycles. The van der Waals surface area contributed by atoms with Crippen molar-refractivity contribution in [3.63, 3.8) is 0 Å². The van der Waals surface area contributed by atoms with Crippen molar-refractivity contribution in [2.45, 2.75) is 152 Å². The normalized spacial score (nSPS) is 19.9. The van der Waals surface area contributed by atoms with Gasteiger partial charge in [0.05, 0.1) is 114 Å². The van der Waals surface area contributed by atoms with E-state index in [1.54, 1.807) is 6.92 Å². The van der Waals surface area contributed by atoms with Crippen LogP contribution in [0.2, 0.25) is 30.1 Å². The lowest BCUT2D eigenvalue weighted by Crippen LogP contribution is -2.60. The van der Waals surface area contributed by atoms with Crippen LogP contribution in [-0.4, -0.2) is 238 Å². The molecule has 129 heavy (non-hydrogen) atoms. The molecule has 30 nitrogen and oxygen atoms in total. The highest BCUT2D eigenvalue weighted by molar-refractivity contribution is 7.88. The summed E-state index contributed by atoms with van der Waals surface area (Å²) in [6.45, 7) is 22.3. The van der Waals surface area contributed by atoms with E-state index in [1.165, 1.54) is 30.4 Å². The Bertz CT molecular complexity index is 6270. The van der Waals surface area contributed by atoms with Crippen LogP contribution in [0.25, 0.3) is 65.4 Å². The zero-order valence-corrected chi connectivity index (χ0v) is 78.4. The Morgan fingerprint density at radius 2 is 0.860 bits per heavy atom. The molecule has 1 spiro atoms. The molecule has 12 heterocycles. The zero-order chi connectivity index (χ0) is 90.5. The number of aromatic nitrogens is 14. The summed E-state index contributed by atoms with van der Waals surface area (Å²) in [4.78, 5) is 40.1. The van der Waals surface area contributed by atoms with Gasteiger partial charge in [-0.15, -0.1) is 0 Å². The van der Waals surface area contributed by atoms with Gasteiger partial charge in [-0.05, 0) is 174 Å². The minimum atomic E-state index is -3.15. The van der Waals surface area contributed by atoms with Crippen molar-refractivity contribution >= 4 is 185 Å². The van der Waals surface area contributed by atoms with Gasteiger partial charge in [0, 0.05) is 206 Å². The number of fused-ring (bicyclic) bond motifs is 7. The Hall–Kier alpha value is -9.84. The van der Waals surface area contributed by atoms with Crippen LogP contribution >= 0.6 is 69.6 Å². The van der Waals surface area contributed by atoms with Crippen LogP contribution in [0.1, 0.15) is 133 Å². The van der Waals surface area contributed by atoms with E-state index in [1.807, 2.05) is 151 Å². The molecule has 4 saturated heterocycles. The standard InChI is InChI=1S/C20H20ClN5O.C17H24ClN5O.C16H24ClN5O2S.C13H12ClN5.2C13H15ClN2O/c21-14-10-17-16(12-23-24-17)18(11-14)25-8-6-20(7-9-25)19(27)26(13-22-20)15-4-2-1-3-5-15;1-12(24)19-4-5-23-7-6-22(11-17(23,2)3)16-9-13(18)8-15-14(16)10-20-21-15;1-16(2)11-21(6-7-22(16)5-4-19-25(3,23)24)15-9-12(17)8-14-13(15)10-18-20-14;14-9-3-11-10(6-16-17-11)13(4-9)19-2-1-8-5-15-18-12(8)7-19;2*14-8-5-10(9-3-1-2-4-13(9)17)11-7-15-16-12(11)6-8/h1-5,10-12,22H,6-9,13H2,(H,23,24);8-10H,4-7,11H2,1-3H3,(H,19,24)(H,20,21);8-10,19H,4-7,11H2,1-3H3,(H,18,20);3-6H,1-2,7H2,(H,15,18)(H,16,17);2*5-7,9,13,17H,1-4H2,(H,15,16)/t;;;;9-,13+;9-,13-/m....11/s1. The van der Waals surface area contributed by atoms with Crippen molar-refractivity contribution in [2.24, 2.45) is 0 Å². The van der Waals surface area contributed by atoms with E-state index in [0.717, 1.165) is 240 Å². The predicted octanol–water partition coefficient (Wildman–Crippen LogP) is 16.0. The first kappa shape index (κ1) is 92.4. The first-order valence-corrected chi connectivity index (χ1v) is 48.1. The van der Waals surface area contributed by atoms with Crippen molar-refractivity contribution < 1.29 is 28.2 Å². The Morgan fingerprint density at radius 3 is 1.28 bits per heavy atom. The van der Waals surface area contributed by atoms with Crippen molar-refractivity contribution in [1.29, 1.82) is 0 Å². The molecule has 4 atom stereocenters. The lowest BCUT2D eigenvalue weighted by molar-refractivity contribution is -0.123. The number of carbonyl (C=O) groups is 2. The van der Waals surface area contributed by atoms with Crippen LogP contribution in [0.3, 0.4) is 0 Å². The molecule has 5 aliphatic heterocycles. The molecule has 7 aromatic carbocycles. The SMILES string of the molecule is CC(=O)NCCN1CCN(c2cc(Cl)cc3[nH]ncc23)CC1(C)C.CC1(C)CN(c2cc(Cl)cc3[nH]ncc23)CCN1CCNS(C)(=O)=O.Clc1cc(N2CCc3cn[nH]c3C2)c2cn[nH]c2c1.O=C1N(c2ccccc2)CNC12CCN(c1cc(Cl)cc3[nH]ncc13)CC2.O[C@@H]1CCCC[C@@H]1c1cc(Cl)cc2[nH]ncc12.O[C@H]1CCCC[C@@H]1c1cc(Cl)cc2[nH]ncc12. The number of rotatable bonds is 14. The number of piperazine rings is 2. The zero-order valence-electron chi connectivity index (χ0n) is 73.0. The third-order valence-corrected chi connectivity index (χ3v) is 28.1. The van der Waals surface area contributed by atoms with Crippen LogP contribution in [0.5, 0.6) is 0 Å². The number of piperidine rings is 1. The highest BCUT2D eigenvalue weighted by Crippen LogP contribution is 2.43. The number of nitrogens with zero attached hydrogens (tertiary/aromatic N) is 14. The molecule has 0 unspecified atom stereocenters. The fourth-order valence-electron chi connectivity index (χ4n) is 19.4. The van der Waals surface area contributed by atoms with Gasteiger partial charge in [-0.3, -0.25) is 65.3 Å². The highest BCUT2D eigenvalue weighted by Gasteiger charge is 2.49. The highest BCUT2D eigenvalue weighted by atomic mass is 35.5. The van der Waals surface area contributed by atoms with Crippen molar-refractivity contribution in [3.8, 4) is 0 Å². The fraction of sp³-hybridized carbons (Fsp3) is 0.424. The average molecular weight is 1890 g/mol. The van der Waals surface area contributed by atoms with Crippen LogP contribution in [0.15, 0.2) is 147 Å². The van der Waals surface area contributed by atoms with Crippen molar-refractivity contribution in [1.82, 2.24) is 96.5 Å². The van der Waals surface area contributed by atoms with Gasteiger partial charge >= 0.3 is 0 Å². The predicted molar refractivity (Wildman–Crippen MR) is 518 cm³/mol. The number of aliphatic hydroxyl groups excluding tert-OH is 2. The van der Waals surface area contributed by atoms with E-state index in [4.69, 9.17) is 69.6 Å². The molecule has 21 rings (SSSR count). The minimum Gasteiger partial charge on any atom is -0.392 e. The lowest BCUT2D eigenvalue weighted by atomic mass is 9.80. The second kappa shape index (κ2) is 40.1. The average Bonchev–Trinajstić information content (AvgIpc) is 1.64. The maximum atomic E-state index is 13.2. The van der Waals surface area contributed by atoms with Gasteiger partial charge in [0.1, 0.15) is 5.54 Å². The molecule has 0 radical (unpaired) electrons. The molecule has 7 aliphatic rings. The number of amides is 2. The summed E-state index contributed by atoms with van der Waals surface area (Å²) >= 11 is 37.2. The Morgan fingerprint density at radius 1 is 0.473 bits per heavy atom. The van der Waals surface area contributed by atoms with Gasteiger partial charge in [0.2, 0.25) is 21.8 Å². The van der Waals surface area contributed by atoms with Gasteiger partial charge in [0.25, 0.3) is 0 Å². The molecular weight excluding hydrogens is 1780 g/mol. The second-order valence-electron chi connectivity index (χ2n) is 35.7. The van der Waals surface area contributed by atoms with E-state index in [2.05, 4.69) is 144 Å². The summed E-state index contributed by atoms with van der Waals surface area (Å²) in [7, 11) is -3.15. The maximum Gasteiger partial charge on any atom is 0.248 e. The molecule has 6 fully saturated rings. The van der Waals surface area contributed by atoms with E-state index in [-0.39, 0.29) is 46.9 Å². The van der Waals surface area contributed by atoms with Gasteiger partial charge in [0.15, 0.2) is 0 Å². The number of halogens is 6. The minimum absolute atomic E-state index is 0.00902. The summed E-state index contributed by atoms with van der Waals surface area (Å²) < 4.78 is 25.1. The molecule has 682 valence electrons. The summed E-state index contributed by atoms with van der Waals surface area (Å²) in [6.07, 6.45) is 24.6. The largest absolute Gasteiger partial charge is 0.392 e. The first-order valence-electron chi connectivity index (χ1n) is 43.9. The number of benzene rings is 7. The number of sulfonamides is 1. The number of aliphatic hydroxyl groups is 2. The molecule has 2 amide bonds. The summed E-state index contributed by atoms with van der Waals surface area (Å²) in [6, 6.07) is 33.1. The van der Waals surface area contributed by atoms with Crippen LogP contribution in [0, 0.1) is 0 Å². The number of hydrogen-bond donors (Lipinski definition) is 12. The Kier molecular flexibility index (Phi) is 28.7. The summed E-state index contributed by atoms with van der Waals surface area (Å²) in [5.74, 6) is 0.589. The monoisotopic (exact) mass is 1890 g/mol. The van der Waals surface area contributed by atoms with E-state index in [9.17, 15) is 28.2 Å². The van der Waals surface area contributed by atoms with Crippen molar-refractivity contribution in [2.75, 3.05) is 123 Å². The third-order valence-electron chi connectivity index (χ3n) is 26.1. The van der Waals surface area contributed by atoms with Gasteiger partial charge in [-0.1, -0.05) is 113 Å². The molecule has 12 N–H and O–H groups in total. The Labute approximate surface area is 778 Å². The number of para-hydroxylation sites is 1. The number of hydrogen-bond acceptors (Lipinski definition) is 20. The molecular formula is C92H110Cl6N24O6S. The Balaban J connectivity index is 0.000000114. The van der Waals surface area contributed by atoms with Crippen LogP contribution in [-0.2, 0) is 32.6 Å². The second-order valence-corrected chi connectivity index (χ2v) is 40.2. The summed E-state index contributed by atoms with van der Waals surface area (Å²) in [5.41, 5.74) is 15.3. The van der Waals surface area contributed by atoms with Gasteiger partial charge < -0.3 is 35.1 Å². The maximum absolute atomic E-state index is 13.2. The molecule has 14 aromatic rings. The molecule has 0 bridgehead atoms. The van der Waals surface area contributed by atoms with Crippen LogP contribution in [0.4, 0.5) is 28.4 Å². The number of nitrogens with one attached hydrogen (secondary N) is 10. The first-order chi connectivity index (χ1) is 62.0. The number of H-pyrrole nitrogens is 7. The fourth-order valence-corrected chi connectivity index (χ4v) is 21.2. The van der Waals surface area contributed by atoms with Gasteiger partial charge in [-0.2, -0.15) is 35.7 Å². The quantitative estimate of drug-likeness (QED) is 0.0481. The van der Waals surface area contributed by atoms with E-state index < -0.39 is 15.6 Å². The third kappa shape index (κ3) is 21.5. The topological polar surface area (TPSA) is 368 Å². The van der Waals surface area contributed by atoms with Gasteiger partial charge in [-0.25, -0.2) is 13.1 Å². The van der Waals surface area contributed by atoms with Crippen LogP contribution < -0.4 is 39.9 Å². The number of anilines is 5. The number of aromatic amines is 7. The molecule has 2 aliphatic carbocycles. The van der Waals surface area contributed by atoms with E-state index >= 15 is 0 Å². The molecule has 37 heteroatoms. The molecule has 7 aromatic heterocycles. The lowest BCUT2D eigenvalue weighted by Gasteiger charge is -2.48.